The maximum atomic E-state index is 4.42. The zero-order valence-electron chi connectivity index (χ0n) is 13.2. The van der Waals surface area contributed by atoms with E-state index in [9.17, 15) is 0 Å². The number of nitrogens with one attached hydrogen (secondary N) is 2. The molecule has 2 N–H and O–H groups in total. The average Bonchev–Trinajstić information content (AvgIpc) is 2.99. The van der Waals surface area contributed by atoms with Gasteiger partial charge in [-0.25, -0.2) is 5.43 Å². The quantitative estimate of drug-likeness (QED) is 0.882. The van der Waals surface area contributed by atoms with Crippen molar-refractivity contribution in [3.63, 3.8) is 0 Å². The third kappa shape index (κ3) is 3.68. The van der Waals surface area contributed by atoms with Crippen LogP contribution in [-0.2, 0) is 6.54 Å². The summed E-state index contributed by atoms with van der Waals surface area (Å²) in [5.74, 6) is 0. The van der Waals surface area contributed by atoms with E-state index in [1.54, 1.807) is 12.4 Å². The molecule has 2 atom stereocenters. The molecule has 0 amide bonds. The summed E-state index contributed by atoms with van der Waals surface area (Å²) in [6, 6.07) is 11.4. The highest BCUT2D eigenvalue weighted by Crippen LogP contribution is 2.22. The van der Waals surface area contributed by atoms with Crippen molar-refractivity contribution in [2.24, 2.45) is 0 Å². The van der Waals surface area contributed by atoms with Gasteiger partial charge < -0.3 is 0 Å². The molecule has 1 aliphatic heterocycles. The first-order valence-electron chi connectivity index (χ1n) is 7.73. The first-order valence-corrected chi connectivity index (χ1v) is 7.73. The first-order chi connectivity index (χ1) is 10.7. The van der Waals surface area contributed by atoms with E-state index in [0.29, 0.717) is 12.1 Å². The second-order valence-electron chi connectivity index (χ2n) is 5.97. The summed E-state index contributed by atoms with van der Waals surface area (Å²) >= 11 is 0. The summed E-state index contributed by atoms with van der Waals surface area (Å²) in [6.45, 7) is 3.82. The van der Waals surface area contributed by atoms with E-state index < -0.39 is 0 Å². The van der Waals surface area contributed by atoms with Gasteiger partial charge in [0, 0.05) is 37.6 Å². The Hall–Kier alpha value is -1.82. The lowest BCUT2D eigenvalue weighted by Gasteiger charge is -2.20. The molecule has 2 unspecified atom stereocenters. The fourth-order valence-electron chi connectivity index (χ4n) is 2.93. The minimum absolute atomic E-state index is 0.387. The molecule has 0 spiro atoms. The van der Waals surface area contributed by atoms with E-state index >= 15 is 0 Å². The van der Waals surface area contributed by atoms with Crippen molar-refractivity contribution in [2.45, 2.75) is 32.0 Å². The normalized spacial score (nSPS) is 21.4. The largest absolute Gasteiger partial charge is 0.299 e. The molecule has 2 heterocycles. The van der Waals surface area contributed by atoms with Crippen molar-refractivity contribution < 1.29 is 0 Å². The van der Waals surface area contributed by atoms with Crippen LogP contribution in [0.25, 0.3) is 0 Å². The third-order valence-corrected chi connectivity index (χ3v) is 4.12. The lowest BCUT2D eigenvalue weighted by molar-refractivity contribution is 0.285. The lowest BCUT2D eigenvalue weighted by Crippen LogP contribution is -2.38. The van der Waals surface area contributed by atoms with Gasteiger partial charge in [0.15, 0.2) is 0 Å². The molecule has 116 valence electrons. The van der Waals surface area contributed by atoms with Crippen molar-refractivity contribution >= 4 is 0 Å². The maximum absolute atomic E-state index is 4.42. The Morgan fingerprint density at radius 3 is 2.68 bits per heavy atom. The van der Waals surface area contributed by atoms with Crippen LogP contribution in [0.3, 0.4) is 0 Å². The lowest BCUT2D eigenvalue weighted by atomic mass is 10.0. The maximum Gasteiger partial charge on any atom is 0.0755 e. The van der Waals surface area contributed by atoms with E-state index in [-0.39, 0.29) is 0 Å². The van der Waals surface area contributed by atoms with Crippen LogP contribution < -0.4 is 10.9 Å². The third-order valence-electron chi connectivity index (χ3n) is 4.12. The van der Waals surface area contributed by atoms with E-state index in [4.69, 9.17) is 0 Å². The van der Waals surface area contributed by atoms with Gasteiger partial charge >= 0.3 is 0 Å². The highest BCUT2D eigenvalue weighted by atomic mass is 15.4. The van der Waals surface area contributed by atoms with Crippen molar-refractivity contribution in [1.82, 2.24) is 25.7 Å². The zero-order chi connectivity index (χ0) is 15.4. The van der Waals surface area contributed by atoms with E-state index in [1.807, 2.05) is 6.92 Å². The molecule has 5 nitrogen and oxygen atoms in total. The Kier molecular flexibility index (Phi) is 4.77. The van der Waals surface area contributed by atoms with E-state index in [1.165, 1.54) is 5.56 Å². The fraction of sp³-hybridized carbons (Fsp3) is 0.412. The highest BCUT2D eigenvalue weighted by Gasteiger charge is 2.25. The first kappa shape index (κ1) is 15.1. The molecule has 1 saturated heterocycles. The number of hydrogen-bond acceptors (Lipinski definition) is 5. The smallest absolute Gasteiger partial charge is 0.0755 e. The Balaban J connectivity index is 1.53. The SMILES string of the molecule is Cc1nccnc1CN(C)CC1CC(c2ccccc2)NN1. The molecule has 5 heteroatoms. The minimum atomic E-state index is 0.387. The molecular formula is C17H23N5. The van der Waals surface area contributed by atoms with Crippen LogP contribution in [0.4, 0.5) is 0 Å². The number of hydrogen-bond donors (Lipinski definition) is 2. The second-order valence-corrected chi connectivity index (χ2v) is 5.97. The summed E-state index contributed by atoms with van der Waals surface area (Å²) < 4.78 is 0. The van der Waals surface area contributed by atoms with E-state index in [0.717, 1.165) is 30.9 Å². The Morgan fingerprint density at radius 2 is 1.91 bits per heavy atom. The molecule has 2 aromatic rings. The topological polar surface area (TPSA) is 53.1 Å². The van der Waals surface area contributed by atoms with Gasteiger partial charge in [-0.15, -0.1) is 0 Å². The van der Waals surface area contributed by atoms with Gasteiger partial charge in [0.05, 0.1) is 11.4 Å². The summed E-state index contributed by atoms with van der Waals surface area (Å²) in [5.41, 5.74) is 10.2. The summed E-state index contributed by atoms with van der Waals surface area (Å²) in [4.78, 5) is 11.0. The van der Waals surface area contributed by atoms with Gasteiger partial charge in [0.25, 0.3) is 0 Å². The zero-order valence-corrected chi connectivity index (χ0v) is 13.2. The predicted octanol–water partition coefficient (Wildman–Crippen LogP) is 1.82. The number of likely N-dealkylation sites (N-methyl/N-ethyl adjacent to an activating group) is 1. The van der Waals surface area contributed by atoms with Gasteiger partial charge in [-0.2, -0.15) is 0 Å². The van der Waals surface area contributed by atoms with Crippen LogP contribution in [0.2, 0.25) is 0 Å². The van der Waals surface area contributed by atoms with Crippen molar-refractivity contribution in [2.75, 3.05) is 13.6 Å². The predicted molar refractivity (Wildman–Crippen MR) is 87.0 cm³/mol. The molecule has 0 bridgehead atoms. The summed E-state index contributed by atoms with van der Waals surface area (Å²) in [5, 5.41) is 0. The minimum Gasteiger partial charge on any atom is -0.299 e. The molecule has 1 aromatic carbocycles. The molecule has 0 aliphatic carbocycles. The molecule has 22 heavy (non-hydrogen) atoms. The van der Waals surface area contributed by atoms with Gasteiger partial charge in [-0.1, -0.05) is 30.3 Å². The molecular weight excluding hydrogens is 274 g/mol. The number of aryl methyl sites for hydroxylation is 1. The molecule has 3 rings (SSSR count). The number of benzene rings is 1. The van der Waals surface area contributed by atoms with Crippen LogP contribution in [0, 0.1) is 6.92 Å². The van der Waals surface area contributed by atoms with Crippen LogP contribution in [0.1, 0.15) is 29.4 Å². The number of rotatable bonds is 5. The molecule has 1 fully saturated rings. The number of nitrogens with zero attached hydrogens (tertiary/aromatic N) is 3. The number of aromatic nitrogens is 2. The molecule has 0 saturated carbocycles. The van der Waals surface area contributed by atoms with Gasteiger partial charge in [-0.05, 0) is 26.0 Å². The fourth-order valence-corrected chi connectivity index (χ4v) is 2.93. The highest BCUT2D eigenvalue weighted by molar-refractivity contribution is 5.20. The van der Waals surface area contributed by atoms with Gasteiger partial charge in [0.2, 0.25) is 0 Å². The molecule has 1 aromatic heterocycles. The van der Waals surface area contributed by atoms with Crippen molar-refractivity contribution in [1.29, 1.82) is 0 Å². The Morgan fingerprint density at radius 1 is 1.14 bits per heavy atom. The number of hydrazine groups is 1. The monoisotopic (exact) mass is 297 g/mol. The van der Waals surface area contributed by atoms with Crippen molar-refractivity contribution in [3.8, 4) is 0 Å². The Labute approximate surface area is 131 Å². The van der Waals surface area contributed by atoms with Gasteiger partial charge in [-0.3, -0.25) is 20.3 Å². The standard InChI is InChI=1S/C17H23N5/c1-13-17(19-9-8-18-13)12-22(2)11-15-10-16(21-20-15)14-6-4-3-5-7-14/h3-9,15-16,20-21H,10-12H2,1-2H3. The summed E-state index contributed by atoms with van der Waals surface area (Å²) in [6.07, 6.45) is 4.59. The second kappa shape index (κ2) is 6.96. The van der Waals surface area contributed by atoms with Crippen LogP contribution >= 0.6 is 0 Å². The van der Waals surface area contributed by atoms with Gasteiger partial charge in [0.1, 0.15) is 0 Å². The van der Waals surface area contributed by atoms with Crippen LogP contribution in [-0.4, -0.2) is 34.5 Å². The average molecular weight is 297 g/mol. The molecule has 0 radical (unpaired) electrons. The van der Waals surface area contributed by atoms with Crippen LogP contribution in [0.5, 0.6) is 0 Å². The Bertz CT molecular complexity index is 601. The van der Waals surface area contributed by atoms with E-state index in [2.05, 4.69) is 63.1 Å². The summed E-state index contributed by atoms with van der Waals surface area (Å²) in [7, 11) is 2.13. The molecule has 1 aliphatic rings. The van der Waals surface area contributed by atoms with Crippen molar-refractivity contribution in [3.05, 3.63) is 59.7 Å². The van der Waals surface area contributed by atoms with Crippen LogP contribution in [0.15, 0.2) is 42.7 Å².